The highest BCUT2D eigenvalue weighted by atomic mass is 35.5. The van der Waals surface area contributed by atoms with Gasteiger partial charge in [-0.3, -0.25) is 0 Å². The van der Waals surface area contributed by atoms with Crippen molar-refractivity contribution in [3.63, 3.8) is 0 Å². The van der Waals surface area contributed by atoms with Gasteiger partial charge in [-0.25, -0.2) is 23.1 Å². The van der Waals surface area contributed by atoms with E-state index in [1.165, 1.54) is 23.6 Å². The molecule has 0 aliphatic heterocycles. The maximum Gasteiger partial charge on any atom is 0.244 e. The summed E-state index contributed by atoms with van der Waals surface area (Å²) < 4.78 is 26.9. The molecular weight excluding hydrogens is 320 g/mol. The molecule has 20 heavy (non-hydrogen) atoms. The quantitative estimate of drug-likeness (QED) is 0.890. The molecule has 0 bridgehead atoms. The second-order valence-electron chi connectivity index (χ2n) is 4.10. The van der Waals surface area contributed by atoms with Gasteiger partial charge in [-0.15, -0.1) is 11.3 Å². The molecule has 2 aromatic heterocycles. The van der Waals surface area contributed by atoms with Gasteiger partial charge in [0.1, 0.15) is 10.7 Å². The second kappa shape index (κ2) is 5.65. The summed E-state index contributed by atoms with van der Waals surface area (Å²) in [6.07, 6.45) is 1.30. The molecule has 0 saturated heterocycles. The summed E-state index contributed by atoms with van der Waals surface area (Å²) >= 11 is 7.20. The van der Waals surface area contributed by atoms with Crippen LogP contribution in [0.4, 0.5) is 5.82 Å². The highest BCUT2D eigenvalue weighted by Crippen LogP contribution is 2.21. The highest BCUT2D eigenvalue weighted by molar-refractivity contribution is 7.89. The molecule has 2 rings (SSSR count). The number of nitrogens with two attached hydrogens (primary N) is 1. The molecule has 0 amide bonds. The van der Waals surface area contributed by atoms with Gasteiger partial charge in [0.05, 0.1) is 15.7 Å². The van der Waals surface area contributed by atoms with Crippen LogP contribution in [0.15, 0.2) is 17.2 Å². The van der Waals surface area contributed by atoms with Crippen molar-refractivity contribution in [2.45, 2.75) is 25.3 Å². The highest BCUT2D eigenvalue weighted by Gasteiger charge is 2.19. The van der Waals surface area contributed by atoms with Gasteiger partial charge in [-0.2, -0.15) is 0 Å². The maximum atomic E-state index is 12.2. The Labute approximate surface area is 126 Å². The molecule has 0 aromatic carbocycles. The summed E-state index contributed by atoms with van der Waals surface area (Å²) in [6, 6.07) is 1.27. The molecule has 0 saturated carbocycles. The fourth-order valence-electron chi connectivity index (χ4n) is 1.62. The van der Waals surface area contributed by atoms with Crippen molar-refractivity contribution < 1.29 is 8.42 Å². The Morgan fingerprint density at radius 1 is 1.45 bits per heavy atom. The maximum absolute atomic E-state index is 12.2. The van der Waals surface area contributed by atoms with E-state index in [0.717, 1.165) is 15.6 Å². The molecule has 0 unspecified atom stereocenters. The number of sulfonamides is 1. The average Bonchev–Trinajstić information content (AvgIpc) is 2.68. The Balaban J connectivity index is 2.23. The number of hydrogen-bond acceptors (Lipinski definition) is 6. The minimum Gasteiger partial charge on any atom is -0.383 e. The van der Waals surface area contributed by atoms with Gasteiger partial charge in [-0.05, 0) is 19.9 Å². The molecule has 108 valence electrons. The standard InChI is InChI=1S/C11H13ClN4O2S2/c1-6-9(19-7(2)16-6)5-15-20(17,18)10-3-8(12)4-14-11(10)13/h3-4,15H,5H2,1-2H3,(H2,13,14). The fourth-order valence-corrected chi connectivity index (χ4v) is 3.91. The summed E-state index contributed by atoms with van der Waals surface area (Å²) in [5.74, 6) is -0.0842. The molecule has 3 N–H and O–H groups in total. The molecule has 2 heterocycles. The molecule has 2 aromatic rings. The van der Waals surface area contributed by atoms with Gasteiger partial charge in [0.15, 0.2) is 0 Å². The van der Waals surface area contributed by atoms with Crippen LogP contribution < -0.4 is 10.5 Å². The van der Waals surface area contributed by atoms with E-state index in [1.807, 2.05) is 13.8 Å². The number of halogens is 1. The summed E-state index contributed by atoms with van der Waals surface area (Å²) in [7, 11) is -3.76. The van der Waals surface area contributed by atoms with Crippen LogP contribution in [0.2, 0.25) is 5.02 Å². The van der Waals surface area contributed by atoms with Crippen LogP contribution in [0.5, 0.6) is 0 Å². The first kappa shape index (κ1) is 15.2. The van der Waals surface area contributed by atoms with E-state index in [2.05, 4.69) is 14.7 Å². The van der Waals surface area contributed by atoms with E-state index >= 15 is 0 Å². The minimum atomic E-state index is -3.76. The van der Waals surface area contributed by atoms with E-state index in [-0.39, 0.29) is 22.3 Å². The van der Waals surface area contributed by atoms with Crippen molar-refractivity contribution in [3.8, 4) is 0 Å². The van der Waals surface area contributed by atoms with Crippen molar-refractivity contribution in [2.24, 2.45) is 0 Å². The van der Waals surface area contributed by atoms with Crippen LogP contribution in [0.25, 0.3) is 0 Å². The number of nitrogen functional groups attached to an aromatic ring is 1. The molecule has 0 aliphatic rings. The van der Waals surface area contributed by atoms with Gasteiger partial charge in [0.25, 0.3) is 0 Å². The zero-order valence-electron chi connectivity index (χ0n) is 10.8. The monoisotopic (exact) mass is 332 g/mol. The molecule has 0 radical (unpaired) electrons. The number of anilines is 1. The summed E-state index contributed by atoms with van der Waals surface area (Å²) in [6.45, 7) is 3.86. The van der Waals surface area contributed by atoms with Gasteiger partial charge < -0.3 is 5.73 Å². The van der Waals surface area contributed by atoms with E-state index in [1.54, 1.807) is 0 Å². The van der Waals surface area contributed by atoms with Crippen molar-refractivity contribution in [1.82, 2.24) is 14.7 Å². The molecule has 0 atom stereocenters. The Morgan fingerprint density at radius 3 is 2.75 bits per heavy atom. The van der Waals surface area contributed by atoms with Gasteiger partial charge in [0, 0.05) is 17.6 Å². The van der Waals surface area contributed by atoms with Gasteiger partial charge in [0.2, 0.25) is 10.0 Å². The SMILES string of the molecule is Cc1nc(C)c(CNS(=O)(=O)c2cc(Cl)cnc2N)s1. The number of pyridine rings is 1. The average molecular weight is 333 g/mol. The molecule has 6 nitrogen and oxygen atoms in total. The Kier molecular flexibility index (Phi) is 4.28. The van der Waals surface area contributed by atoms with Gasteiger partial charge >= 0.3 is 0 Å². The number of aryl methyl sites for hydroxylation is 2. The molecular formula is C11H13ClN4O2S2. The van der Waals surface area contributed by atoms with E-state index < -0.39 is 10.0 Å². The van der Waals surface area contributed by atoms with Crippen molar-refractivity contribution >= 4 is 38.8 Å². The lowest BCUT2D eigenvalue weighted by atomic mass is 10.4. The number of rotatable bonds is 4. The third kappa shape index (κ3) is 3.26. The number of nitrogens with one attached hydrogen (secondary N) is 1. The van der Waals surface area contributed by atoms with Crippen LogP contribution in [-0.2, 0) is 16.6 Å². The molecule has 9 heteroatoms. The number of aromatic nitrogens is 2. The number of nitrogens with zero attached hydrogens (tertiary/aromatic N) is 2. The third-order valence-electron chi connectivity index (χ3n) is 2.56. The van der Waals surface area contributed by atoms with E-state index in [9.17, 15) is 8.42 Å². The lowest BCUT2D eigenvalue weighted by molar-refractivity contribution is 0.581. The zero-order valence-corrected chi connectivity index (χ0v) is 13.2. The molecule has 0 spiro atoms. The van der Waals surface area contributed by atoms with Crippen molar-refractivity contribution in [3.05, 3.63) is 32.9 Å². The Bertz CT molecular complexity index is 743. The van der Waals surface area contributed by atoms with Crippen LogP contribution in [-0.4, -0.2) is 18.4 Å². The first-order chi connectivity index (χ1) is 9.29. The van der Waals surface area contributed by atoms with Crippen molar-refractivity contribution in [1.29, 1.82) is 0 Å². The number of hydrogen-bond donors (Lipinski definition) is 2. The summed E-state index contributed by atoms with van der Waals surface area (Å²) in [5.41, 5.74) is 6.39. The Hall–Kier alpha value is -1.22. The first-order valence-corrected chi connectivity index (χ1v) is 8.31. The predicted molar refractivity (Wildman–Crippen MR) is 79.3 cm³/mol. The summed E-state index contributed by atoms with van der Waals surface area (Å²) in [5, 5.41) is 1.10. The zero-order chi connectivity index (χ0) is 14.9. The fraction of sp³-hybridized carbons (Fsp3) is 0.273. The topological polar surface area (TPSA) is 98.0 Å². The molecule has 0 aliphatic carbocycles. The number of thiazole rings is 1. The van der Waals surface area contributed by atoms with Crippen LogP contribution >= 0.6 is 22.9 Å². The van der Waals surface area contributed by atoms with Crippen LogP contribution in [0, 0.1) is 13.8 Å². The van der Waals surface area contributed by atoms with Gasteiger partial charge in [-0.1, -0.05) is 11.6 Å². The second-order valence-corrected chi connectivity index (χ2v) is 7.56. The lowest BCUT2D eigenvalue weighted by Crippen LogP contribution is -2.24. The lowest BCUT2D eigenvalue weighted by Gasteiger charge is -2.08. The smallest absolute Gasteiger partial charge is 0.244 e. The predicted octanol–water partition coefficient (Wildman–Crippen LogP) is 1.87. The van der Waals surface area contributed by atoms with Crippen LogP contribution in [0.1, 0.15) is 15.6 Å². The molecule has 0 fully saturated rings. The Morgan fingerprint density at radius 2 is 2.15 bits per heavy atom. The van der Waals surface area contributed by atoms with E-state index in [0.29, 0.717) is 0 Å². The van der Waals surface area contributed by atoms with Crippen molar-refractivity contribution in [2.75, 3.05) is 5.73 Å². The van der Waals surface area contributed by atoms with E-state index in [4.69, 9.17) is 17.3 Å². The minimum absolute atomic E-state index is 0.0842. The van der Waals surface area contributed by atoms with Crippen LogP contribution in [0.3, 0.4) is 0 Å². The summed E-state index contributed by atoms with van der Waals surface area (Å²) in [4.78, 5) is 8.72. The first-order valence-electron chi connectivity index (χ1n) is 5.63. The third-order valence-corrected chi connectivity index (χ3v) is 5.27. The largest absolute Gasteiger partial charge is 0.383 e. The normalized spacial score (nSPS) is 11.8.